The Morgan fingerprint density at radius 2 is 0.977 bits per heavy atom. The van der Waals surface area contributed by atoms with Crippen molar-refractivity contribution in [2.24, 2.45) is 0 Å². The summed E-state index contributed by atoms with van der Waals surface area (Å²) in [4.78, 5) is 0. The minimum Gasteiger partial charge on any atom is -0.467 e. The van der Waals surface area contributed by atoms with Crippen molar-refractivity contribution in [3.05, 3.63) is 75.6 Å². The normalized spacial score (nSPS) is 12.3. The van der Waals surface area contributed by atoms with Crippen molar-refractivity contribution < 1.29 is 40.9 Å². The second-order valence-corrected chi connectivity index (χ2v) is 14.7. The van der Waals surface area contributed by atoms with E-state index in [-0.39, 0.29) is 32.3 Å². The van der Waals surface area contributed by atoms with Crippen molar-refractivity contribution in [3.63, 3.8) is 0 Å². The lowest BCUT2D eigenvalue weighted by Crippen LogP contribution is -2.23. The van der Waals surface area contributed by atoms with Gasteiger partial charge in [-0.3, -0.25) is 0 Å². The molecule has 3 aromatic carbocycles. The summed E-state index contributed by atoms with van der Waals surface area (Å²) in [6, 6.07) is 7.70. The fourth-order valence-corrected chi connectivity index (χ4v) is 6.54. The first-order valence-corrected chi connectivity index (χ1v) is 16.6. The molecule has 0 aliphatic rings. The summed E-state index contributed by atoms with van der Waals surface area (Å²) in [7, 11) is 2.40. The molecule has 2 atom stereocenters. The van der Waals surface area contributed by atoms with Crippen molar-refractivity contribution in [3.8, 4) is 11.5 Å². The van der Waals surface area contributed by atoms with Crippen LogP contribution in [0.15, 0.2) is 24.3 Å². The fraction of sp³-hybridized carbons (Fsp3) is 0.438. The van der Waals surface area contributed by atoms with E-state index in [1.807, 2.05) is 26.8 Å². The van der Waals surface area contributed by atoms with Gasteiger partial charge in [0.15, 0.2) is 36.9 Å². The summed E-state index contributed by atoms with van der Waals surface area (Å²) >= 11 is 6.01. The van der Waals surface area contributed by atoms with Crippen LogP contribution in [0.5, 0.6) is 11.5 Å². The Kier molecular flexibility index (Phi) is 13.9. The monoisotopic (exact) mass is 680 g/mol. The zero-order valence-electron chi connectivity index (χ0n) is 26.6. The van der Waals surface area contributed by atoms with Gasteiger partial charge in [-0.05, 0) is 56.5 Å². The number of aryl methyl sites for hydroxylation is 2. The highest BCUT2D eigenvalue weighted by molar-refractivity contribution is 7.75. The number of methoxy groups -OCH3 is 2. The van der Waals surface area contributed by atoms with Crippen LogP contribution in [0.4, 0.5) is 22.0 Å². The molecule has 12 heteroatoms. The van der Waals surface area contributed by atoms with Crippen LogP contribution in [0.25, 0.3) is 0 Å². The minimum absolute atomic E-state index is 0.0282. The quantitative estimate of drug-likeness (QED) is 0.0749. The van der Waals surface area contributed by atoms with Gasteiger partial charge in [0.2, 0.25) is 5.82 Å². The Hall–Kier alpha value is -2.02. The lowest BCUT2D eigenvalue weighted by molar-refractivity contribution is 0.0504. The summed E-state index contributed by atoms with van der Waals surface area (Å²) in [5.41, 5.74) is 3.55. The third-order valence-electron chi connectivity index (χ3n) is 6.30. The van der Waals surface area contributed by atoms with Crippen molar-refractivity contribution in [1.82, 2.24) is 0 Å². The molecule has 4 nitrogen and oxygen atoms in total. The number of benzene rings is 3. The molecule has 0 aromatic heterocycles. The molecule has 0 aliphatic carbocycles. The molecular weight excluding hydrogens is 641 g/mol. The third-order valence-corrected chi connectivity index (χ3v) is 8.81. The van der Waals surface area contributed by atoms with E-state index in [1.165, 1.54) is 18.2 Å². The molecule has 0 saturated heterocycles. The van der Waals surface area contributed by atoms with E-state index in [2.05, 4.69) is 39.8 Å². The predicted molar refractivity (Wildman–Crippen MR) is 172 cm³/mol. The van der Waals surface area contributed by atoms with Crippen molar-refractivity contribution in [2.45, 2.75) is 66.2 Å². The predicted octanol–water partition coefficient (Wildman–Crippen LogP) is 8.33. The summed E-state index contributed by atoms with van der Waals surface area (Å²) in [5, 5.41) is 0.507. The number of rotatable bonds is 9. The van der Waals surface area contributed by atoms with Crippen LogP contribution in [-0.4, -0.2) is 27.8 Å². The lowest BCUT2D eigenvalue weighted by atomic mass is 9.85. The highest BCUT2D eigenvalue weighted by atomic mass is 35.7. The van der Waals surface area contributed by atoms with E-state index in [1.54, 1.807) is 20.1 Å². The third kappa shape index (κ3) is 9.50. The van der Waals surface area contributed by atoms with Gasteiger partial charge in [0.1, 0.15) is 11.5 Å². The summed E-state index contributed by atoms with van der Waals surface area (Å²) < 4.78 is 89.9. The first-order valence-electron chi connectivity index (χ1n) is 13.6. The largest absolute Gasteiger partial charge is 0.467 e. The topological polar surface area (TPSA) is 36.9 Å². The number of hydrogen-bond donors (Lipinski definition) is 0. The van der Waals surface area contributed by atoms with Crippen LogP contribution < -0.4 is 25.4 Å². The molecule has 2 unspecified atom stereocenters. The van der Waals surface area contributed by atoms with Gasteiger partial charge in [-0.1, -0.05) is 64.9 Å². The zero-order chi connectivity index (χ0) is 33.6. The molecule has 0 aliphatic heterocycles. The minimum atomic E-state index is -2.17. The Bertz CT molecular complexity index is 1430. The molecule has 44 heavy (non-hydrogen) atoms. The second kappa shape index (κ2) is 16.0. The van der Waals surface area contributed by atoms with Gasteiger partial charge < -0.3 is 18.9 Å². The maximum atomic E-state index is 14.1. The van der Waals surface area contributed by atoms with Crippen LogP contribution in [0, 0.1) is 42.9 Å². The molecule has 0 heterocycles. The Labute approximate surface area is 265 Å². The first-order chi connectivity index (χ1) is 20.4. The number of ether oxygens (including phenoxy) is 4. The van der Waals surface area contributed by atoms with E-state index in [0.29, 0.717) is 11.1 Å². The summed E-state index contributed by atoms with van der Waals surface area (Å²) in [6.45, 7) is 16.3. The van der Waals surface area contributed by atoms with Gasteiger partial charge in [-0.2, -0.15) is 0 Å². The van der Waals surface area contributed by atoms with Crippen LogP contribution in [0.3, 0.4) is 0 Å². The van der Waals surface area contributed by atoms with E-state index < -0.39 is 43.0 Å². The van der Waals surface area contributed by atoms with Crippen LogP contribution in [0.1, 0.15) is 63.8 Å². The molecular formula is C32H40ClF5O4P2. The maximum absolute atomic E-state index is 14.1. The van der Waals surface area contributed by atoms with Crippen molar-refractivity contribution in [2.75, 3.05) is 27.8 Å². The van der Waals surface area contributed by atoms with E-state index in [0.717, 1.165) is 22.2 Å². The summed E-state index contributed by atoms with van der Waals surface area (Å²) in [6.07, 6.45) is 0. The zero-order valence-corrected chi connectivity index (χ0v) is 29.4. The van der Waals surface area contributed by atoms with E-state index in [4.69, 9.17) is 30.2 Å². The van der Waals surface area contributed by atoms with Gasteiger partial charge in [0, 0.05) is 43.9 Å². The van der Waals surface area contributed by atoms with Gasteiger partial charge in [0.25, 0.3) is 0 Å². The van der Waals surface area contributed by atoms with Gasteiger partial charge in [-0.25, -0.2) is 22.0 Å². The Balaban J connectivity index is 0.000000342. The lowest BCUT2D eigenvalue weighted by Gasteiger charge is -2.25. The fourth-order valence-electron chi connectivity index (χ4n) is 4.22. The standard InChI is InChI=1S/C19H20F5O2P.C13H20ClO2P/c1-9-6-10(19(2,3)4)17(26-8-25-5)11(7-9)27-18-15(23)13(21)12(20)14(22)16(18)24;1-9-6-10(13(2,3)4)12(16-8-15-5)11(7-9)17-14/h6-7,27H,8H2,1-5H3;6-7,17H,8H2,1-5H3. The first kappa shape index (κ1) is 38.2. The smallest absolute Gasteiger partial charge is 0.200 e. The van der Waals surface area contributed by atoms with E-state index >= 15 is 0 Å². The highest BCUT2D eigenvalue weighted by Gasteiger charge is 2.28. The van der Waals surface area contributed by atoms with Gasteiger partial charge >= 0.3 is 0 Å². The Morgan fingerprint density at radius 1 is 0.614 bits per heavy atom. The molecule has 0 radical (unpaired) electrons. The SMILES string of the molecule is COCOc1c(PCl)cc(C)cc1C(C)(C)C.COCOc1c(Pc2c(F)c(F)c(F)c(F)c2F)cc(C)cc1C(C)(C)C. The van der Waals surface area contributed by atoms with Gasteiger partial charge in [0.05, 0.1) is 5.30 Å². The molecule has 3 aromatic rings. The molecule has 0 saturated carbocycles. The van der Waals surface area contributed by atoms with Crippen molar-refractivity contribution in [1.29, 1.82) is 0 Å². The molecule has 244 valence electrons. The molecule has 0 amide bonds. The van der Waals surface area contributed by atoms with Crippen molar-refractivity contribution >= 4 is 43.7 Å². The highest BCUT2D eigenvalue weighted by Crippen LogP contribution is 2.36. The molecule has 0 N–H and O–H groups in total. The van der Waals surface area contributed by atoms with Crippen LogP contribution in [0.2, 0.25) is 0 Å². The molecule has 3 rings (SSSR count). The second-order valence-electron chi connectivity index (χ2n) is 12.1. The van der Waals surface area contributed by atoms with E-state index in [9.17, 15) is 22.0 Å². The molecule has 0 bridgehead atoms. The van der Waals surface area contributed by atoms with Crippen LogP contribution >= 0.6 is 27.8 Å². The van der Waals surface area contributed by atoms with Crippen LogP contribution in [-0.2, 0) is 20.3 Å². The number of halogens is 6. The average molecular weight is 681 g/mol. The molecule has 0 fully saturated rings. The Morgan fingerprint density at radius 3 is 1.34 bits per heavy atom. The number of hydrogen-bond acceptors (Lipinski definition) is 4. The molecule has 0 spiro atoms. The van der Waals surface area contributed by atoms with Gasteiger partial charge in [-0.15, -0.1) is 0 Å². The summed E-state index contributed by atoms with van der Waals surface area (Å²) in [5.74, 6) is -8.56. The average Bonchev–Trinajstić information content (AvgIpc) is 2.94. The maximum Gasteiger partial charge on any atom is 0.200 e.